The number of imidazole rings is 1. The van der Waals surface area contributed by atoms with Crippen molar-refractivity contribution in [2.24, 2.45) is 7.05 Å². The molecule has 0 saturated heterocycles. The van der Waals surface area contributed by atoms with Crippen LogP contribution in [-0.4, -0.2) is 29.8 Å². The van der Waals surface area contributed by atoms with E-state index in [2.05, 4.69) is 85.7 Å². The molecule has 166 valence electrons. The lowest BCUT2D eigenvalue weighted by Gasteiger charge is -2.14. The van der Waals surface area contributed by atoms with Crippen LogP contribution in [0.1, 0.15) is 43.8 Å². The third kappa shape index (κ3) is 4.73. The number of nitrogens with zero attached hydrogens (tertiary/aromatic N) is 6. The van der Waals surface area contributed by atoms with Crippen molar-refractivity contribution in [2.75, 3.05) is 0 Å². The number of halogens is 2. The second kappa shape index (κ2) is 10.1. The van der Waals surface area contributed by atoms with Gasteiger partial charge < -0.3 is 4.57 Å². The van der Waals surface area contributed by atoms with Gasteiger partial charge in [0.25, 0.3) is 0 Å². The molecule has 0 atom stereocenters. The summed E-state index contributed by atoms with van der Waals surface area (Å²) in [5.41, 5.74) is 5.57. The first-order valence-corrected chi connectivity index (χ1v) is 12.3. The number of aromatic nitrogens is 6. The molecule has 0 unspecified atom stereocenters. The second-order valence-electron chi connectivity index (χ2n) is 7.77. The third-order valence-corrected chi connectivity index (χ3v) is 6.73. The number of rotatable bonds is 8. The quantitative estimate of drug-likeness (QED) is 0.250. The largest absolute Gasteiger partial charge is 0.326 e. The van der Waals surface area contributed by atoms with E-state index in [1.54, 1.807) is 7.05 Å². The van der Waals surface area contributed by atoms with Crippen molar-refractivity contribution in [3.05, 3.63) is 68.3 Å². The van der Waals surface area contributed by atoms with Crippen molar-refractivity contribution < 1.29 is 0 Å². The number of hydrogen-bond acceptors (Lipinski definition) is 4. The molecule has 0 radical (unpaired) electrons. The van der Waals surface area contributed by atoms with Gasteiger partial charge in [0.1, 0.15) is 5.82 Å². The van der Waals surface area contributed by atoms with Crippen LogP contribution in [0.5, 0.6) is 0 Å². The number of aryl methyl sites for hydroxylation is 2. The zero-order chi connectivity index (χ0) is 22.7. The molecule has 8 heteroatoms. The minimum Gasteiger partial charge on any atom is -0.326 e. The van der Waals surface area contributed by atoms with E-state index in [9.17, 15) is 0 Å². The Kier molecular flexibility index (Phi) is 7.25. The first kappa shape index (κ1) is 22.9. The summed E-state index contributed by atoms with van der Waals surface area (Å²) in [5.74, 6) is 1.70. The number of hydrogen-bond donors (Lipinski definition) is 0. The average Bonchev–Trinajstić information content (AvgIpc) is 3.35. The topological polar surface area (TPSA) is 61.4 Å². The Hall–Kier alpha value is -2.26. The molecule has 0 fully saturated rings. The molecule has 0 bridgehead atoms. The van der Waals surface area contributed by atoms with Gasteiger partial charge >= 0.3 is 0 Å². The molecule has 4 rings (SSSR count). The SMILES string of the molecule is CCCCc1nc(Cl)c(CC)n1Cc1ccc(-c2ccccc2-c2nnn(C)n2)c(I)c1. The van der Waals surface area contributed by atoms with Gasteiger partial charge in [-0.25, -0.2) is 4.98 Å². The summed E-state index contributed by atoms with van der Waals surface area (Å²) < 4.78 is 3.47. The van der Waals surface area contributed by atoms with Crippen LogP contribution in [0.4, 0.5) is 0 Å². The van der Waals surface area contributed by atoms with Crippen molar-refractivity contribution in [2.45, 2.75) is 46.1 Å². The number of benzene rings is 2. The maximum absolute atomic E-state index is 6.46. The Morgan fingerprint density at radius 3 is 2.47 bits per heavy atom. The Morgan fingerprint density at radius 2 is 1.81 bits per heavy atom. The fourth-order valence-corrected chi connectivity index (χ4v) is 5.12. The van der Waals surface area contributed by atoms with Gasteiger partial charge in [-0.15, -0.1) is 10.2 Å². The molecule has 0 spiro atoms. The molecular formula is C24H26ClIN6. The van der Waals surface area contributed by atoms with Gasteiger partial charge in [0.15, 0.2) is 5.15 Å². The Morgan fingerprint density at radius 1 is 1.03 bits per heavy atom. The highest BCUT2D eigenvalue weighted by atomic mass is 127. The fraction of sp³-hybridized carbons (Fsp3) is 0.333. The molecule has 4 aromatic rings. The van der Waals surface area contributed by atoms with Gasteiger partial charge in [-0.1, -0.05) is 68.3 Å². The van der Waals surface area contributed by atoms with Gasteiger partial charge in [-0.05, 0) is 63.4 Å². The molecule has 2 aromatic carbocycles. The zero-order valence-electron chi connectivity index (χ0n) is 18.5. The van der Waals surface area contributed by atoms with Crippen LogP contribution < -0.4 is 0 Å². The van der Waals surface area contributed by atoms with Crippen LogP contribution in [0.3, 0.4) is 0 Å². The van der Waals surface area contributed by atoms with Gasteiger partial charge in [-0.3, -0.25) is 0 Å². The monoisotopic (exact) mass is 560 g/mol. The summed E-state index contributed by atoms with van der Waals surface area (Å²) in [6.45, 7) is 5.10. The van der Waals surface area contributed by atoms with E-state index in [-0.39, 0.29) is 0 Å². The predicted octanol–water partition coefficient (Wildman–Crippen LogP) is 5.95. The minimum atomic E-state index is 0.629. The summed E-state index contributed by atoms with van der Waals surface area (Å²) in [7, 11) is 1.78. The van der Waals surface area contributed by atoms with E-state index >= 15 is 0 Å². The van der Waals surface area contributed by atoms with Gasteiger partial charge in [-0.2, -0.15) is 4.80 Å². The van der Waals surface area contributed by atoms with Crippen LogP contribution in [0.25, 0.3) is 22.5 Å². The summed E-state index contributed by atoms with van der Waals surface area (Å²) in [4.78, 5) is 6.14. The summed E-state index contributed by atoms with van der Waals surface area (Å²) >= 11 is 8.87. The highest BCUT2D eigenvalue weighted by Gasteiger charge is 2.17. The first-order chi connectivity index (χ1) is 15.5. The molecule has 2 aromatic heterocycles. The van der Waals surface area contributed by atoms with E-state index in [1.165, 1.54) is 13.9 Å². The molecule has 0 aliphatic rings. The van der Waals surface area contributed by atoms with Crippen LogP contribution in [0.15, 0.2) is 42.5 Å². The van der Waals surface area contributed by atoms with Gasteiger partial charge in [0, 0.05) is 22.1 Å². The first-order valence-electron chi connectivity index (χ1n) is 10.9. The average molecular weight is 561 g/mol. The lowest BCUT2D eigenvalue weighted by atomic mass is 9.98. The van der Waals surface area contributed by atoms with Crippen LogP contribution in [0.2, 0.25) is 5.15 Å². The standard InChI is InChI=1S/C24H26ClIN6/c1-4-6-11-22-27-23(25)21(5-2)32(22)15-16-12-13-18(20(26)14-16)17-9-7-8-10-19(17)24-28-30-31(3)29-24/h7-10,12-14H,4-6,11,15H2,1-3H3. The van der Waals surface area contributed by atoms with Crippen molar-refractivity contribution >= 4 is 34.2 Å². The lowest BCUT2D eigenvalue weighted by Crippen LogP contribution is -2.09. The molecule has 0 amide bonds. The smallest absolute Gasteiger partial charge is 0.205 e. The maximum Gasteiger partial charge on any atom is 0.205 e. The van der Waals surface area contributed by atoms with E-state index in [0.29, 0.717) is 11.0 Å². The van der Waals surface area contributed by atoms with Crippen LogP contribution in [-0.2, 0) is 26.4 Å². The molecule has 0 aliphatic heterocycles. The van der Waals surface area contributed by atoms with E-state index in [4.69, 9.17) is 11.6 Å². The summed E-state index contributed by atoms with van der Waals surface area (Å²) in [5, 5.41) is 13.2. The lowest BCUT2D eigenvalue weighted by molar-refractivity contribution is 0.630. The molecule has 0 N–H and O–H groups in total. The van der Waals surface area contributed by atoms with Crippen molar-refractivity contribution in [1.29, 1.82) is 0 Å². The summed E-state index contributed by atoms with van der Waals surface area (Å²) in [6, 6.07) is 14.8. The third-order valence-electron chi connectivity index (χ3n) is 5.53. The van der Waals surface area contributed by atoms with Crippen LogP contribution in [0, 0.1) is 3.57 Å². The highest BCUT2D eigenvalue weighted by molar-refractivity contribution is 14.1. The van der Waals surface area contributed by atoms with E-state index in [1.807, 2.05) is 18.2 Å². The van der Waals surface area contributed by atoms with Crippen molar-refractivity contribution in [3.63, 3.8) is 0 Å². The fourth-order valence-electron chi connectivity index (χ4n) is 3.92. The van der Waals surface area contributed by atoms with Crippen molar-refractivity contribution in [3.8, 4) is 22.5 Å². The van der Waals surface area contributed by atoms with E-state index < -0.39 is 0 Å². The van der Waals surface area contributed by atoms with Crippen molar-refractivity contribution in [1.82, 2.24) is 29.8 Å². The predicted molar refractivity (Wildman–Crippen MR) is 137 cm³/mol. The number of unbranched alkanes of at least 4 members (excludes halogenated alkanes) is 1. The van der Waals surface area contributed by atoms with E-state index in [0.717, 1.165) is 60.4 Å². The molecule has 6 nitrogen and oxygen atoms in total. The molecule has 0 aliphatic carbocycles. The number of tetrazole rings is 1. The normalized spacial score (nSPS) is 11.3. The summed E-state index contributed by atoms with van der Waals surface area (Å²) in [6.07, 6.45) is 4.06. The highest BCUT2D eigenvalue weighted by Crippen LogP contribution is 2.33. The molecule has 32 heavy (non-hydrogen) atoms. The minimum absolute atomic E-state index is 0.629. The maximum atomic E-state index is 6.46. The molecule has 0 saturated carbocycles. The Bertz CT molecular complexity index is 1230. The molecule has 2 heterocycles. The molecular weight excluding hydrogens is 535 g/mol. The van der Waals surface area contributed by atoms with Gasteiger partial charge in [0.2, 0.25) is 5.82 Å². The van der Waals surface area contributed by atoms with Gasteiger partial charge in [0.05, 0.1) is 12.7 Å². The second-order valence-corrected chi connectivity index (χ2v) is 9.29. The Labute approximate surface area is 207 Å². The zero-order valence-corrected chi connectivity index (χ0v) is 21.4. The Balaban J connectivity index is 1.68. The van der Waals surface area contributed by atoms with Crippen LogP contribution >= 0.6 is 34.2 Å².